The van der Waals surface area contributed by atoms with Crippen molar-refractivity contribution in [3.05, 3.63) is 41.1 Å². The van der Waals surface area contributed by atoms with E-state index in [9.17, 15) is 4.57 Å². The summed E-state index contributed by atoms with van der Waals surface area (Å²) in [4.78, 5) is 0. The maximum absolute atomic E-state index is 12.0. The van der Waals surface area contributed by atoms with E-state index in [1.54, 1.807) is 26.0 Å². The molecular formula is C12H17ClNO3P. The molecule has 0 spiro atoms. The van der Waals surface area contributed by atoms with Gasteiger partial charge >= 0.3 is 7.75 Å². The SMILES string of the molecule is CCOP(=O)(N/C=C/c1ccccc1Cl)OCC. The summed E-state index contributed by atoms with van der Waals surface area (Å²) < 4.78 is 22.2. The van der Waals surface area contributed by atoms with Gasteiger partial charge in [0.25, 0.3) is 0 Å². The summed E-state index contributed by atoms with van der Waals surface area (Å²) >= 11 is 5.99. The lowest BCUT2D eigenvalue weighted by molar-refractivity contribution is 0.215. The second-order valence-electron chi connectivity index (χ2n) is 3.32. The van der Waals surface area contributed by atoms with E-state index in [2.05, 4.69) is 5.09 Å². The molecule has 1 N–H and O–H groups in total. The van der Waals surface area contributed by atoms with Gasteiger partial charge in [0, 0.05) is 11.2 Å². The van der Waals surface area contributed by atoms with Crippen LogP contribution in [0, 0.1) is 0 Å². The molecule has 0 amide bonds. The maximum Gasteiger partial charge on any atom is 0.432 e. The molecule has 0 aliphatic carbocycles. The van der Waals surface area contributed by atoms with Gasteiger partial charge in [-0.15, -0.1) is 0 Å². The number of hydrogen-bond acceptors (Lipinski definition) is 3. The van der Waals surface area contributed by atoms with Crippen molar-refractivity contribution < 1.29 is 13.6 Å². The summed E-state index contributed by atoms with van der Waals surface area (Å²) in [6.07, 6.45) is 3.24. The normalized spacial score (nSPS) is 11.9. The Balaban J connectivity index is 2.68. The zero-order valence-corrected chi connectivity index (χ0v) is 12.1. The zero-order chi connectivity index (χ0) is 13.4. The first-order valence-corrected chi connectivity index (χ1v) is 7.61. The van der Waals surface area contributed by atoms with E-state index in [-0.39, 0.29) is 0 Å². The fourth-order valence-electron chi connectivity index (χ4n) is 1.28. The van der Waals surface area contributed by atoms with Crippen LogP contribution in [0.15, 0.2) is 30.5 Å². The molecule has 0 atom stereocenters. The first kappa shape index (κ1) is 15.3. The van der Waals surface area contributed by atoms with E-state index in [1.165, 1.54) is 6.20 Å². The van der Waals surface area contributed by atoms with Gasteiger partial charge in [-0.3, -0.25) is 14.1 Å². The number of nitrogens with one attached hydrogen (secondary N) is 1. The summed E-state index contributed by atoms with van der Waals surface area (Å²) in [5.41, 5.74) is 0.825. The Morgan fingerprint density at radius 3 is 2.44 bits per heavy atom. The van der Waals surface area contributed by atoms with Crippen molar-refractivity contribution in [3.63, 3.8) is 0 Å². The molecule has 100 valence electrons. The fraction of sp³-hybridized carbons (Fsp3) is 0.333. The average Bonchev–Trinajstić information content (AvgIpc) is 2.32. The van der Waals surface area contributed by atoms with Crippen molar-refractivity contribution >= 4 is 25.4 Å². The van der Waals surface area contributed by atoms with Crippen LogP contribution in [0.3, 0.4) is 0 Å². The highest BCUT2D eigenvalue weighted by Gasteiger charge is 2.20. The van der Waals surface area contributed by atoms with E-state index in [0.29, 0.717) is 18.2 Å². The molecule has 0 saturated heterocycles. The first-order chi connectivity index (χ1) is 8.61. The van der Waals surface area contributed by atoms with Gasteiger partial charge in [0.1, 0.15) is 0 Å². The Labute approximate surface area is 113 Å². The average molecular weight is 290 g/mol. The third-order valence-electron chi connectivity index (χ3n) is 2.00. The van der Waals surface area contributed by atoms with Crippen LogP contribution >= 0.6 is 19.3 Å². The van der Waals surface area contributed by atoms with Gasteiger partial charge < -0.3 is 0 Å². The van der Waals surface area contributed by atoms with Gasteiger partial charge in [0.2, 0.25) is 0 Å². The summed E-state index contributed by atoms with van der Waals surface area (Å²) in [5, 5.41) is 3.27. The van der Waals surface area contributed by atoms with Crippen molar-refractivity contribution in [2.75, 3.05) is 13.2 Å². The first-order valence-electron chi connectivity index (χ1n) is 5.69. The van der Waals surface area contributed by atoms with E-state index in [1.807, 2.05) is 18.2 Å². The predicted molar refractivity (Wildman–Crippen MR) is 74.5 cm³/mol. The predicted octanol–water partition coefficient (Wildman–Crippen LogP) is 4.08. The molecule has 0 bridgehead atoms. The molecule has 0 heterocycles. The van der Waals surface area contributed by atoms with Crippen LogP contribution in [0.2, 0.25) is 5.02 Å². The standard InChI is InChI=1S/C12H17ClNO3P/c1-3-16-18(15,17-4-2)14-10-9-11-7-5-6-8-12(11)13/h5-10H,3-4H2,1-2H3,(H,14,15)/b10-9+. The van der Waals surface area contributed by atoms with Crippen molar-refractivity contribution in [3.8, 4) is 0 Å². The topological polar surface area (TPSA) is 47.6 Å². The molecule has 0 radical (unpaired) electrons. The highest BCUT2D eigenvalue weighted by atomic mass is 35.5. The van der Waals surface area contributed by atoms with Crippen molar-refractivity contribution in [1.29, 1.82) is 0 Å². The van der Waals surface area contributed by atoms with Crippen LogP contribution < -0.4 is 5.09 Å². The smallest absolute Gasteiger partial charge is 0.300 e. The molecule has 18 heavy (non-hydrogen) atoms. The van der Waals surface area contributed by atoms with Crippen LogP contribution in [0.4, 0.5) is 0 Å². The summed E-state index contributed by atoms with van der Waals surface area (Å²) in [7, 11) is -3.25. The van der Waals surface area contributed by atoms with Gasteiger partial charge in [-0.2, -0.15) is 0 Å². The summed E-state index contributed by atoms with van der Waals surface area (Å²) in [6.45, 7) is 4.13. The van der Waals surface area contributed by atoms with E-state index in [4.69, 9.17) is 20.6 Å². The molecule has 1 rings (SSSR count). The van der Waals surface area contributed by atoms with Crippen LogP contribution in [0.5, 0.6) is 0 Å². The van der Waals surface area contributed by atoms with Gasteiger partial charge in [-0.05, 0) is 31.6 Å². The molecule has 0 unspecified atom stereocenters. The van der Waals surface area contributed by atoms with Gasteiger partial charge in [-0.1, -0.05) is 29.8 Å². The van der Waals surface area contributed by atoms with Crippen molar-refractivity contribution in [1.82, 2.24) is 5.09 Å². The number of halogens is 1. The Kier molecular flexibility index (Phi) is 6.44. The highest BCUT2D eigenvalue weighted by Crippen LogP contribution is 2.43. The second-order valence-corrected chi connectivity index (χ2v) is 5.49. The largest absolute Gasteiger partial charge is 0.432 e. The summed E-state index contributed by atoms with van der Waals surface area (Å²) in [6, 6.07) is 7.35. The molecule has 1 aromatic rings. The molecular weight excluding hydrogens is 273 g/mol. The minimum Gasteiger partial charge on any atom is -0.300 e. The monoisotopic (exact) mass is 289 g/mol. The molecule has 0 fully saturated rings. The van der Waals surface area contributed by atoms with Crippen LogP contribution in [-0.4, -0.2) is 13.2 Å². The number of rotatable bonds is 7. The Morgan fingerprint density at radius 1 is 1.28 bits per heavy atom. The molecule has 0 aliphatic rings. The zero-order valence-electron chi connectivity index (χ0n) is 10.4. The minimum atomic E-state index is -3.25. The molecule has 0 aliphatic heterocycles. The molecule has 1 aromatic carbocycles. The summed E-state index contributed by atoms with van der Waals surface area (Å²) in [5.74, 6) is 0. The van der Waals surface area contributed by atoms with Crippen LogP contribution in [0.25, 0.3) is 6.08 Å². The van der Waals surface area contributed by atoms with Gasteiger partial charge in [0.05, 0.1) is 13.2 Å². The number of benzene rings is 1. The lowest BCUT2D eigenvalue weighted by atomic mass is 10.2. The van der Waals surface area contributed by atoms with Crippen LogP contribution in [0.1, 0.15) is 19.4 Å². The van der Waals surface area contributed by atoms with E-state index >= 15 is 0 Å². The van der Waals surface area contributed by atoms with Crippen LogP contribution in [-0.2, 0) is 13.6 Å². The maximum atomic E-state index is 12.0. The second kappa shape index (κ2) is 7.59. The lowest BCUT2D eigenvalue weighted by Crippen LogP contribution is -2.08. The highest BCUT2D eigenvalue weighted by molar-refractivity contribution is 7.51. The molecule has 0 aromatic heterocycles. The Hall–Kier alpha value is -0.800. The third-order valence-corrected chi connectivity index (χ3v) is 4.00. The quantitative estimate of drug-likeness (QED) is 0.768. The van der Waals surface area contributed by atoms with Crippen molar-refractivity contribution in [2.45, 2.75) is 13.8 Å². The van der Waals surface area contributed by atoms with Crippen molar-refractivity contribution in [2.24, 2.45) is 0 Å². The lowest BCUT2D eigenvalue weighted by Gasteiger charge is -2.15. The van der Waals surface area contributed by atoms with E-state index in [0.717, 1.165) is 5.56 Å². The van der Waals surface area contributed by atoms with E-state index < -0.39 is 7.75 Å². The Morgan fingerprint density at radius 2 is 1.89 bits per heavy atom. The fourth-order valence-corrected chi connectivity index (χ4v) is 2.64. The third kappa shape index (κ3) is 4.83. The Bertz CT molecular complexity index is 441. The van der Waals surface area contributed by atoms with Gasteiger partial charge in [0.15, 0.2) is 0 Å². The molecule has 6 heteroatoms. The molecule has 0 saturated carbocycles. The van der Waals surface area contributed by atoms with Gasteiger partial charge in [-0.25, -0.2) is 4.57 Å². The minimum absolute atomic E-state index is 0.310. The molecule has 4 nitrogen and oxygen atoms in total. The number of hydrogen-bond donors (Lipinski definition) is 1.